The van der Waals surface area contributed by atoms with Gasteiger partial charge in [0.1, 0.15) is 5.75 Å². The van der Waals surface area contributed by atoms with Crippen LogP contribution in [0.5, 0.6) is 5.75 Å². The van der Waals surface area contributed by atoms with E-state index in [9.17, 15) is 9.59 Å². The van der Waals surface area contributed by atoms with Crippen LogP contribution in [0.2, 0.25) is 10.0 Å². The average Bonchev–Trinajstić information content (AvgIpc) is 2.47. The van der Waals surface area contributed by atoms with Crippen molar-refractivity contribution >= 4 is 34.8 Å². The average molecular weight is 319 g/mol. The largest absolute Gasteiger partial charge is 0.453 e. The summed E-state index contributed by atoms with van der Waals surface area (Å²) in [5.74, 6) is -0.242. The zero-order valence-electron chi connectivity index (χ0n) is 10.6. The van der Waals surface area contributed by atoms with Gasteiger partial charge >= 0.3 is 0 Å². The summed E-state index contributed by atoms with van der Waals surface area (Å²) in [4.78, 5) is 24.4. The highest BCUT2D eigenvalue weighted by molar-refractivity contribution is 6.32. The second kappa shape index (κ2) is 5.35. The van der Waals surface area contributed by atoms with Crippen molar-refractivity contribution in [1.82, 2.24) is 0 Å². The Morgan fingerprint density at radius 1 is 0.810 bits per heavy atom. The first-order valence-corrected chi connectivity index (χ1v) is 6.84. The Morgan fingerprint density at radius 3 is 2.19 bits per heavy atom. The fourth-order valence-electron chi connectivity index (χ4n) is 2.02. The van der Waals surface area contributed by atoms with Gasteiger partial charge in [-0.3, -0.25) is 9.59 Å². The molecule has 0 saturated heterocycles. The molecular weight excluding hydrogens is 311 g/mol. The smallest absolute Gasteiger partial charge is 0.229 e. The number of hydrogen-bond donors (Lipinski definition) is 0. The molecule has 2 aromatic rings. The number of allylic oxidation sites excluding steroid dienone is 2. The molecule has 5 heteroatoms. The molecule has 0 atom stereocenters. The molecule has 0 heterocycles. The highest BCUT2D eigenvalue weighted by atomic mass is 35.5. The summed E-state index contributed by atoms with van der Waals surface area (Å²) in [6.07, 6.45) is 1.18. The molecule has 0 N–H and O–H groups in total. The van der Waals surface area contributed by atoms with Crippen LogP contribution in [-0.4, -0.2) is 11.6 Å². The number of fused-ring (bicyclic) bond motifs is 1. The van der Waals surface area contributed by atoms with Crippen molar-refractivity contribution in [3.05, 3.63) is 75.5 Å². The summed E-state index contributed by atoms with van der Waals surface area (Å²) >= 11 is 11.6. The summed E-state index contributed by atoms with van der Waals surface area (Å²) in [5, 5.41) is 0.965. The molecule has 21 heavy (non-hydrogen) atoms. The monoisotopic (exact) mass is 318 g/mol. The summed E-state index contributed by atoms with van der Waals surface area (Å²) < 4.78 is 5.48. The molecule has 2 aromatic carbocycles. The molecule has 0 aromatic heterocycles. The predicted molar refractivity (Wildman–Crippen MR) is 80.3 cm³/mol. The number of carbonyl (C=O) groups is 2. The number of carbonyl (C=O) groups excluding carboxylic acids is 2. The van der Waals surface area contributed by atoms with Crippen LogP contribution in [0.4, 0.5) is 0 Å². The van der Waals surface area contributed by atoms with Gasteiger partial charge in [-0.2, -0.15) is 0 Å². The third kappa shape index (κ3) is 2.71. The summed E-state index contributed by atoms with van der Waals surface area (Å²) in [6.45, 7) is 0. The Balaban J connectivity index is 1.95. The minimum absolute atomic E-state index is 0.0165. The fraction of sp³-hybridized carbons (Fsp3) is 0. The van der Waals surface area contributed by atoms with Gasteiger partial charge in [-0.15, -0.1) is 0 Å². The lowest BCUT2D eigenvalue weighted by atomic mass is 9.94. The standard InChI is InChI=1S/C16H8Cl2O3/c17-9-1-4-11(5-2-9)21-15-8-14(19)13-7-10(18)3-6-12(13)16(15)20/h1-8H. The van der Waals surface area contributed by atoms with Gasteiger partial charge < -0.3 is 4.74 Å². The summed E-state index contributed by atoms with van der Waals surface area (Å²) in [7, 11) is 0. The second-order valence-electron chi connectivity index (χ2n) is 4.45. The van der Waals surface area contributed by atoms with E-state index in [0.29, 0.717) is 15.8 Å². The molecule has 3 rings (SSSR count). The van der Waals surface area contributed by atoms with Crippen LogP contribution >= 0.6 is 23.2 Å². The number of Topliss-reactive ketones (excluding diaryl/α,β-unsaturated/α-hetero) is 1. The van der Waals surface area contributed by atoms with E-state index in [2.05, 4.69) is 0 Å². The molecule has 0 amide bonds. The number of rotatable bonds is 2. The molecule has 3 nitrogen and oxygen atoms in total. The second-order valence-corrected chi connectivity index (χ2v) is 5.32. The van der Waals surface area contributed by atoms with Gasteiger partial charge in [0.05, 0.1) is 0 Å². The molecule has 0 bridgehead atoms. The van der Waals surface area contributed by atoms with Crippen molar-refractivity contribution in [1.29, 1.82) is 0 Å². The first kappa shape index (κ1) is 13.9. The molecule has 1 aliphatic rings. The Bertz CT molecular complexity index is 777. The Kier molecular flexibility index (Phi) is 3.53. The topological polar surface area (TPSA) is 43.4 Å². The lowest BCUT2D eigenvalue weighted by molar-refractivity contribution is 0.0947. The van der Waals surface area contributed by atoms with Crippen LogP contribution in [0.25, 0.3) is 0 Å². The highest BCUT2D eigenvalue weighted by Crippen LogP contribution is 2.26. The molecule has 0 aliphatic heterocycles. The van der Waals surface area contributed by atoms with E-state index in [1.54, 1.807) is 30.3 Å². The van der Waals surface area contributed by atoms with Crippen molar-refractivity contribution in [3.8, 4) is 5.75 Å². The van der Waals surface area contributed by atoms with Crippen molar-refractivity contribution in [2.24, 2.45) is 0 Å². The van der Waals surface area contributed by atoms with E-state index >= 15 is 0 Å². The van der Waals surface area contributed by atoms with Crippen LogP contribution in [-0.2, 0) is 0 Å². The molecule has 0 saturated carbocycles. The van der Waals surface area contributed by atoms with Gasteiger partial charge in [0.2, 0.25) is 5.78 Å². The first-order valence-electron chi connectivity index (χ1n) is 6.08. The van der Waals surface area contributed by atoms with E-state index in [0.717, 1.165) is 0 Å². The van der Waals surface area contributed by atoms with Crippen molar-refractivity contribution in [3.63, 3.8) is 0 Å². The van der Waals surface area contributed by atoms with Crippen LogP contribution in [0.1, 0.15) is 20.7 Å². The minimum atomic E-state index is -0.351. The van der Waals surface area contributed by atoms with Crippen LogP contribution in [0.3, 0.4) is 0 Å². The molecule has 0 radical (unpaired) electrons. The van der Waals surface area contributed by atoms with E-state index in [-0.39, 0.29) is 28.5 Å². The van der Waals surface area contributed by atoms with Crippen molar-refractivity contribution in [2.75, 3.05) is 0 Å². The van der Waals surface area contributed by atoms with Gasteiger partial charge in [-0.25, -0.2) is 0 Å². The maximum absolute atomic E-state index is 12.3. The van der Waals surface area contributed by atoms with Crippen LogP contribution in [0, 0.1) is 0 Å². The van der Waals surface area contributed by atoms with Gasteiger partial charge in [0.25, 0.3) is 0 Å². The normalized spacial score (nSPS) is 13.7. The number of hydrogen-bond acceptors (Lipinski definition) is 3. The number of halogens is 2. The molecule has 0 unspecified atom stereocenters. The molecule has 1 aliphatic carbocycles. The van der Waals surface area contributed by atoms with E-state index in [1.807, 2.05) is 0 Å². The van der Waals surface area contributed by atoms with E-state index in [4.69, 9.17) is 27.9 Å². The zero-order chi connectivity index (χ0) is 15.0. The molecular formula is C16H8Cl2O3. The SMILES string of the molecule is O=C1C=C(Oc2ccc(Cl)cc2)C(=O)c2ccc(Cl)cc21. The lowest BCUT2D eigenvalue weighted by Crippen LogP contribution is -2.20. The molecule has 104 valence electrons. The Hall–Kier alpha value is -2.10. The maximum Gasteiger partial charge on any atom is 0.229 e. The summed E-state index contributed by atoms with van der Waals surface area (Å²) in [5.41, 5.74) is 0.576. The van der Waals surface area contributed by atoms with Crippen LogP contribution in [0.15, 0.2) is 54.3 Å². The number of ether oxygens (including phenoxy) is 1. The van der Waals surface area contributed by atoms with Gasteiger partial charge in [0, 0.05) is 27.2 Å². The minimum Gasteiger partial charge on any atom is -0.453 e. The number of benzene rings is 2. The van der Waals surface area contributed by atoms with Crippen molar-refractivity contribution in [2.45, 2.75) is 0 Å². The maximum atomic E-state index is 12.3. The van der Waals surface area contributed by atoms with Crippen LogP contribution < -0.4 is 4.74 Å². The molecule has 0 fully saturated rings. The van der Waals surface area contributed by atoms with E-state index in [1.165, 1.54) is 18.2 Å². The quantitative estimate of drug-likeness (QED) is 0.827. The van der Waals surface area contributed by atoms with E-state index < -0.39 is 0 Å². The predicted octanol–water partition coefficient (Wildman–Crippen LogP) is 4.34. The first-order chi connectivity index (χ1) is 10.0. The van der Waals surface area contributed by atoms with Crippen molar-refractivity contribution < 1.29 is 14.3 Å². The number of ketones is 2. The van der Waals surface area contributed by atoms with Gasteiger partial charge in [0.15, 0.2) is 11.5 Å². The zero-order valence-corrected chi connectivity index (χ0v) is 12.1. The fourth-order valence-corrected chi connectivity index (χ4v) is 2.32. The lowest BCUT2D eigenvalue weighted by Gasteiger charge is -2.15. The Morgan fingerprint density at radius 2 is 1.48 bits per heavy atom. The van der Waals surface area contributed by atoms with Gasteiger partial charge in [-0.05, 0) is 42.5 Å². The Labute approximate surface area is 130 Å². The molecule has 0 spiro atoms. The highest BCUT2D eigenvalue weighted by Gasteiger charge is 2.27. The van der Waals surface area contributed by atoms with Gasteiger partial charge in [-0.1, -0.05) is 23.2 Å². The third-order valence-corrected chi connectivity index (χ3v) is 3.51. The third-order valence-electron chi connectivity index (χ3n) is 3.02. The summed E-state index contributed by atoms with van der Waals surface area (Å²) in [6, 6.07) is 11.1.